The molecule has 1 amide bonds. The average Bonchev–Trinajstić information content (AvgIpc) is 3.07. The first kappa shape index (κ1) is 18.0. The van der Waals surface area contributed by atoms with E-state index in [1.165, 1.54) is 11.3 Å². The number of aromatic nitrogens is 1. The lowest BCUT2D eigenvalue weighted by atomic mass is 10.1. The molecular weight excluding hydrogens is 330 g/mol. The summed E-state index contributed by atoms with van der Waals surface area (Å²) >= 11 is 1.43. The minimum atomic E-state index is -0.233. The van der Waals surface area contributed by atoms with E-state index >= 15 is 0 Å². The summed E-state index contributed by atoms with van der Waals surface area (Å²) < 4.78 is 15.9. The van der Waals surface area contributed by atoms with Crippen LogP contribution in [0.4, 0.5) is 0 Å². The second-order valence-corrected chi connectivity index (χ2v) is 5.82. The fraction of sp³-hybridized carbons (Fsp3) is 0.375. The molecule has 7 nitrogen and oxygen atoms in total. The van der Waals surface area contributed by atoms with Crippen molar-refractivity contribution < 1.29 is 19.0 Å². The molecule has 0 bridgehead atoms. The Labute approximate surface area is 144 Å². The predicted octanol–water partition coefficient (Wildman–Crippen LogP) is 1.60. The third-order valence-electron chi connectivity index (χ3n) is 3.32. The first-order valence-corrected chi connectivity index (χ1v) is 8.22. The van der Waals surface area contributed by atoms with Crippen molar-refractivity contribution >= 4 is 17.2 Å². The van der Waals surface area contributed by atoms with E-state index in [4.69, 9.17) is 19.9 Å². The van der Waals surface area contributed by atoms with Crippen molar-refractivity contribution in [3.8, 4) is 17.2 Å². The summed E-state index contributed by atoms with van der Waals surface area (Å²) in [6, 6.07) is 3.59. The standard InChI is InChI=1S/C16H21N3O4S/c1-21-12-6-10(7-13(22-2)15(12)23-3)8-18-16(20)11-9-24-14(19-11)4-5-17/h6-7,9H,4-5,8,17H2,1-3H3,(H,18,20). The van der Waals surface area contributed by atoms with Crippen LogP contribution in [0.15, 0.2) is 17.5 Å². The molecule has 0 aliphatic heterocycles. The number of nitrogens with one attached hydrogen (secondary N) is 1. The van der Waals surface area contributed by atoms with Gasteiger partial charge in [-0.2, -0.15) is 0 Å². The fourth-order valence-corrected chi connectivity index (χ4v) is 2.96. The van der Waals surface area contributed by atoms with Gasteiger partial charge >= 0.3 is 0 Å². The highest BCUT2D eigenvalue weighted by molar-refractivity contribution is 7.09. The molecule has 0 aliphatic rings. The van der Waals surface area contributed by atoms with Crippen molar-refractivity contribution in [2.45, 2.75) is 13.0 Å². The Morgan fingerprint density at radius 2 is 1.88 bits per heavy atom. The molecule has 8 heteroatoms. The van der Waals surface area contributed by atoms with Gasteiger partial charge in [-0.05, 0) is 24.2 Å². The van der Waals surface area contributed by atoms with Crippen molar-refractivity contribution in [2.24, 2.45) is 5.73 Å². The van der Waals surface area contributed by atoms with E-state index in [1.54, 1.807) is 38.8 Å². The summed E-state index contributed by atoms with van der Waals surface area (Å²) in [5, 5.41) is 5.42. The van der Waals surface area contributed by atoms with Gasteiger partial charge < -0.3 is 25.3 Å². The van der Waals surface area contributed by atoms with E-state index in [2.05, 4.69) is 10.3 Å². The molecule has 1 aromatic carbocycles. The molecule has 0 unspecified atom stereocenters. The Balaban J connectivity index is 2.09. The van der Waals surface area contributed by atoms with Crippen LogP contribution in [0.25, 0.3) is 0 Å². The van der Waals surface area contributed by atoms with Gasteiger partial charge in [0, 0.05) is 18.3 Å². The number of carbonyl (C=O) groups is 1. The number of nitrogens with zero attached hydrogens (tertiary/aromatic N) is 1. The summed E-state index contributed by atoms with van der Waals surface area (Å²) in [7, 11) is 4.64. The average molecular weight is 351 g/mol. The van der Waals surface area contributed by atoms with E-state index < -0.39 is 0 Å². The Morgan fingerprint density at radius 3 is 2.42 bits per heavy atom. The number of hydrogen-bond donors (Lipinski definition) is 2. The molecule has 0 aliphatic carbocycles. The van der Waals surface area contributed by atoms with E-state index in [0.717, 1.165) is 10.6 Å². The first-order valence-electron chi connectivity index (χ1n) is 7.34. The zero-order valence-electron chi connectivity index (χ0n) is 13.9. The number of benzene rings is 1. The van der Waals surface area contributed by atoms with E-state index in [1.807, 2.05) is 0 Å². The second-order valence-electron chi connectivity index (χ2n) is 4.88. The number of carbonyl (C=O) groups excluding carboxylic acids is 1. The summed E-state index contributed by atoms with van der Waals surface area (Å²) in [5.41, 5.74) is 6.72. The van der Waals surface area contributed by atoms with Crippen molar-refractivity contribution in [3.63, 3.8) is 0 Å². The van der Waals surface area contributed by atoms with Crippen LogP contribution in [0.2, 0.25) is 0 Å². The smallest absolute Gasteiger partial charge is 0.271 e. The second kappa shape index (κ2) is 8.51. The zero-order valence-corrected chi connectivity index (χ0v) is 14.7. The maximum atomic E-state index is 12.2. The van der Waals surface area contributed by atoms with E-state index in [0.29, 0.717) is 42.5 Å². The van der Waals surface area contributed by atoms with Crippen molar-refractivity contribution in [3.05, 3.63) is 33.8 Å². The number of methoxy groups -OCH3 is 3. The van der Waals surface area contributed by atoms with E-state index in [-0.39, 0.29) is 5.91 Å². The van der Waals surface area contributed by atoms with Gasteiger partial charge in [-0.1, -0.05) is 0 Å². The lowest BCUT2D eigenvalue weighted by Crippen LogP contribution is -2.23. The molecule has 0 spiro atoms. The highest BCUT2D eigenvalue weighted by Crippen LogP contribution is 2.38. The summed E-state index contributed by atoms with van der Waals surface area (Å²) in [4.78, 5) is 16.4. The largest absolute Gasteiger partial charge is 0.493 e. The van der Waals surface area contributed by atoms with Gasteiger partial charge in [-0.3, -0.25) is 4.79 Å². The first-order chi connectivity index (χ1) is 11.6. The molecule has 2 aromatic rings. The Bertz CT molecular complexity index is 677. The van der Waals surface area contributed by atoms with Crippen LogP contribution in [0.3, 0.4) is 0 Å². The quantitative estimate of drug-likeness (QED) is 0.750. The van der Waals surface area contributed by atoms with Crippen LogP contribution >= 0.6 is 11.3 Å². The maximum Gasteiger partial charge on any atom is 0.271 e. The summed E-state index contributed by atoms with van der Waals surface area (Å²) in [6.45, 7) is 0.833. The van der Waals surface area contributed by atoms with Crippen LogP contribution < -0.4 is 25.3 Å². The molecule has 0 saturated carbocycles. The third-order valence-corrected chi connectivity index (χ3v) is 4.23. The normalized spacial score (nSPS) is 10.3. The molecule has 0 saturated heterocycles. The highest BCUT2D eigenvalue weighted by Gasteiger charge is 2.15. The molecule has 0 fully saturated rings. The highest BCUT2D eigenvalue weighted by atomic mass is 32.1. The number of rotatable bonds is 8. The van der Waals surface area contributed by atoms with Crippen molar-refractivity contribution in [1.82, 2.24) is 10.3 Å². The van der Waals surface area contributed by atoms with Gasteiger partial charge in [0.05, 0.1) is 26.3 Å². The van der Waals surface area contributed by atoms with Crippen molar-refractivity contribution in [2.75, 3.05) is 27.9 Å². The monoisotopic (exact) mass is 351 g/mol. The topological polar surface area (TPSA) is 95.7 Å². The summed E-state index contributed by atoms with van der Waals surface area (Å²) in [5.74, 6) is 1.37. The lowest BCUT2D eigenvalue weighted by molar-refractivity contribution is 0.0946. The Kier molecular flexibility index (Phi) is 6.39. The van der Waals surface area contributed by atoms with Gasteiger partial charge in [-0.15, -0.1) is 11.3 Å². The lowest BCUT2D eigenvalue weighted by Gasteiger charge is -2.14. The zero-order chi connectivity index (χ0) is 17.5. The summed E-state index contributed by atoms with van der Waals surface area (Å²) in [6.07, 6.45) is 0.671. The SMILES string of the molecule is COc1cc(CNC(=O)c2csc(CCN)n2)cc(OC)c1OC. The molecule has 0 radical (unpaired) electrons. The van der Waals surface area contributed by atoms with Gasteiger partial charge in [-0.25, -0.2) is 4.98 Å². The Hall–Kier alpha value is -2.32. The molecule has 130 valence electrons. The minimum absolute atomic E-state index is 0.233. The maximum absolute atomic E-state index is 12.2. The van der Waals surface area contributed by atoms with E-state index in [9.17, 15) is 4.79 Å². The van der Waals surface area contributed by atoms with Crippen LogP contribution in [-0.2, 0) is 13.0 Å². The van der Waals surface area contributed by atoms with Crippen molar-refractivity contribution in [1.29, 1.82) is 0 Å². The van der Waals surface area contributed by atoms with Crippen LogP contribution in [0, 0.1) is 0 Å². The molecule has 2 rings (SSSR count). The molecular formula is C16H21N3O4S. The number of ether oxygens (including phenoxy) is 3. The molecule has 1 heterocycles. The van der Waals surface area contributed by atoms with Gasteiger partial charge in [0.25, 0.3) is 5.91 Å². The third kappa shape index (κ3) is 4.15. The van der Waals surface area contributed by atoms with Crippen LogP contribution in [-0.4, -0.2) is 38.8 Å². The number of hydrogen-bond acceptors (Lipinski definition) is 7. The molecule has 0 atom stereocenters. The van der Waals surface area contributed by atoms with Gasteiger partial charge in [0.1, 0.15) is 5.69 Å². The van der Waals surface area contributed by atoms with Gasteiger partial charge in [0.2, 0.25) is 5.75 Å². The number of thiazole rings is 1. The molecule has 1 aromatic heterocycles. The fourth-order valence-electron chi connectivity index (χ4n) is 2.16. The van der Waals surface area contributed by atoms with Gasteiger partial charge in [0.15, 0.2) is 11.5 Å². The molecule has 3 N–H and O–H groups in total. The van der Waals surface area contributed by atoms with Crippen LogP contribution in [0.5, 0.6) is 17.2 Å². The minimum Gasteiger partial charge on any atom is -0.493 e. The number of amides is 1. The molecule has 24 heavy (non-hydrogen) atoms. The Morgan fingerprint density at radius 1 is 1.21 bits per heavy atom. The predicted molar refractivity (Wildman–Crippen MR) is 92.1 cm³/mol. The number of nitrogens with two attached hydrogens (primary N) is 1. The van der Waals surface area contributed by atoms with Crippen LogP contribution in [0.1, 0.15) is 21.1 Å².